The van der Waals surface area contributed by atoms with Crippen LogP contribution in [0.4, 0.5) is 5.82 Å². The lowest BCUT2D eigenvalue weighted by Crippen LogP contribution is -2.52. The monoisotopic (exact) mass is 274 g/mol. The Kier molecular flexibility index (Phi) is 4.53. The minimum absolute atomic E-state index is 0.769. The van der Waals surface area contributed by atoms with Crippen molar-refractivity contribution in [3.05, 3.63) is 24.4 Å². The lowest BCUT2D eigenvalue weighted by Gasteiger charge is -2.40. The van der Waals surface area contributed by atoms with E-state index in [4.69, 9.17) is 0 Å². The zero-order valence-corrected chi connectivity index (χ0v) is 12.5. The van der Waals surface area contributed by atoms with Crippen molar-refractivity contribution >= 4 is 5.82 Å². The average Bonchev–Trinajstić information content (AvgIpc) is 2.51. The van der Waals surface area contributed by atoms with E-state index in [-0.39, 0.29) is 0 Å². The Morgan fingerprint density at radius 2 is 1.95 bits per heavy atom. The Morgan fingerprint density at radius 3 is 2.65 bits per heavy atom. The lowest BCUT2D eigenvalue weighted by atomic mass is 10.0. The highest BCUT2D eigenvalue weighted by atomic mass is 15.3. The minimum atomic E-state index is 0.769. The van der Waals surface area contributed by atoms with Gasteiger partial charge < -0.3 is 9.80 Å². The molecule has 1 unspecified atom stereocenters. The highest BCUT2D eigenvalue weighted by Crippen LogP contribution is 2.18. The molecule has 0 N–H and O–H groups in total. The maximum Gasteiger partial charge on any atom is 0.128 e. The predicted octanol–water partition coefficient (Wildman–Crippen LogP) is 1.69. The molecule has 0 amide bonds. The number of piperazine rings is 1. The number of pyridine rings is 1. The molecule has 20 heavy (non-hydrogen) atoms. The summed E-state index contributed by atoms with van der Waals surface area (Å²) in [6, 6.07) is 6.94. The summed E-state index contributed by atoms with van der Waals surface area (Å²) in [6.45, 7) is 7.06. The van der Waals surface area contributed by atoms with Crippen LogP contribution in [0.25, 0.3) is 0 Å². The Bertz CT molecular complexity index is 400. The smallest absolute Gasteiger partial charge is 0.128 e. The van der Waals surface area contributed by atoms with Crippen LogP contribution in [0, 0.1) is 0 Å². The zero-order chi connectivity index (χ0) is 13.8. The second-order valence-electron chi connectivity index (χ2n) is 6.11. The molecule has 4 nitrogen and oxygen atoms in total. The van der Waals surface area contributed by atoms with Gasteiger partial charge in [0.15, 0.2) is 0 Å². The average molecular weight is 274 g/mol. The molecular formula is C16H26N4. The SMILES string of the molecule is CN1CCCCC1CN1CCN(c2ccccn2)CC1. The van der Waals surface area contributed by atoms with Crippen molar-refractivity contribution in [1.82, 2.24) is 14.8 Å². The van der Waals surface area contributed by atoms with Crippen molar-refractivity contribution in [2.45, 2.75) is 25.3 Å². The highest BCUT2D eigenvalue weighted by molar-refractivity contribution is 5.38. The number of likely N-dealkylation sites (tertiary alicyclic amines) is 1. The van der Waals surface area contributed by atoms with E-state index in [9.17, 15) is 0 Å². The molecule has 0 bridgehead atoms. The molecule has 0 aromatic carbocycles. The van der Waals surface area contributed by atoms with Gasteiger partial charge in [-0.15, -0.1) is 0 Å². The van der Waals surface area contributed by atoms with Crippen LogP contribution in [0.3, 0.4) is 0 Å². The maximum atomic E-state index is 4.45. The van der Waals surface area contributed by atoms with Gasteiger partial charge in [-0.05, 0) is 38.6 Å². The normalized spacial score (nSPS) is 25.9. The summed E-state index contributed by atoms with van der Waals surface area (Å²) in [7, 11) is 2.29. The van der Waals surface area contributed by atoms with Crippen molar-refractivity contribution in [2.75, 3.05) is 51.2 Å². The second kappa shape index (κ2) is 6.55. The fraction of sp³-hybridized carbons (Fsp3) is 0.688. The van der Waals surface area contributed by atoms with Crippen LogP contribution in [0.1, 0.15) is 19.3 Å². The maximum absolute atomic E-state index is 4.45. The Labute approximate surface area is 122 Å². The molecule has 0 spiro atoms. The van der Waals surface area contributed by atoms with Crippen LogP contribution < -0.4 is 4.90 Å². The number of aromatic nitrogens is 1. The largest absolute Gasteiger partial charge is 0.354 e. The molecule has 3 rings (SSSR count). The van der Waals surface area contributed by atoms with E-state index in [1.54, 1.807) is 0 Å². The van der Waals surface area contributed by atoms with Crippen molar-refractivity contribution < 1.29 is 0 Å². The summed E-state index contributed by atoms with van der Waals surface area (Å²) in [5.41, 5.74) is 0. The van der Waals surface area contributed by atoms with Gasteiger partial charge in [0.25, 0.3) is 0 Å². The van der Waals surface area contributed by atoms with Crippen molar-refractivity contribution in [3.8, 4) is 0 Å². The number of nitrogens with zero attached hydrogens (tertiary/aromatic N) is 4. The lowest BCUT2D eigenvalue weighted by molar-refractivity contribution is 0.124. The summed E-state index contributed by atoms with van der Waals surface area (Å²) >= 11 is 0. The van der Waals surface area contributed by atoms with E-state index >= 15 is 0 Å². The molecule has 4 heteroatoms. The van der Waals surface area contributed by atoms with Crippen molar-refractivity contribution in [3.63, 3.8) is 0 Å². The van der Waals surface area contributed by atoms with Gasteiger partial charge in [0, 0.05) is 45.0 Å². The first-order valence-electron chi connectivity index (χ1n) is 7.91. The molecule has 0 saturated carbocycles. The van der Waals surface area contributed by atoms with E-state index in [0.29, 0.717) is 0 Å². The summed E-state index contributed by atoms with van der Waals surface area (Å²) in [4.78, 5) is 12.0. The van der Waals surface area contributed by atoms with Crippen LogP contribution in [0.5, 0.6) is 0 Å². The Balaban J connectivity index is 1.49. The van der Waals surface area contributed by atoms with Crippen LogP contribution >= 0.6 is 0 Å². The molecule has 110 valence electrons. The first-order valence-corrected chi connectivity index (χ1v) is 7.91. The number of hydrogen-bond acceptors (Lipinski definition) is 4. The van der Waals surface area contributed by atoms with Gasteiger partial charge in [0.05, 0.1) is 0 Å². The van der Waals surface area contributed by atoms with E-state index in [1.165, 1.54) is 45.4 Å². The summed E-state index contributed by atoms with van der Waals surface area (Å²) in [6.07, 6.45) is 6.04. The molecule has 1 atom stereocenters. The zero-order valence-electron chi connectivity index (χ0n) is 12.5. The van der Waals surface area contributed by atoms with Crippen LogP contribution in [0.15, 0.2) is 24.4 Å². The standard InChI is InChI=1S/C16H26N4/c1-18-9-5-3-6-15(18)14-19-10-12-20(13-11-19)16-7-2-4-8-17-16/h2,4,7-8,15H,3,5-6,9-14H2,1H3. The minimum Gasteiger partial charge on any atom is -0.354 e. The fourth-order valence-corrected chi connectivity index (χ4v) is 3.37. The number of rotatable bonds is 3. The van der Waals surface area contributed by atoms with Crippen LogP contribution in [-0.2, 0) is 0 Å². The van der Waals surface area contributed by atoms with Gasteiger partial charge in [0.1, 0.15) is 5.82 Å². The molecular weight excluding hydrogens is 248 g/mol. The van der Waals surface area contributed by atoms with Gasteiger partial charge >= 0.3 is 0 Å². The number of anilines is 1. The molecule has 2 aliphatic heterocycles. The fourth-order valence-electron chi connectivity index (χ4n) is 3.37. The summed E-state index contributed by atoms with van der Waals surface area (Å²) in [5.74, 6) is 1.13. The van der Waals surface area contributed by atoms with E-state index < -0.39 is 0 Å². The molecule has 2 aliphatic rings. The number of piperidine rings is 1. The third-order valence-corrected chi connectivity index (χ3v) is 4.74. The van der Waals surface area contributed by atoms with E-state index in [1.807, 2.05) is 12.3 Å². The molecule has 1 aromatic rings. The van der Waals surface area contributed by atoms with E-state index in [0.717, 1.165) is 24.9 Å². The quantitative estimate of drug-likeness (QED) is 0.836. The molecule has 1 aromatic heterocycles. The van der Waals surface area contributed by atoms with Crippen LogP contribution in [0.2, 0.25) is 0 Å². The first kappa shape index (κ1) is 13.8. The van der Waals surface area contributed by atoms with Gasteiger partial charge in [-0.3, -0.25) is 4.90 Å². The predicted molar refractivity (Wildman–Crippen MR) is 83.2 cm³/mol. The molecule has 0 radical (unpaired) electrons. The van der Waals surface area contributed by atoms with Gasteiger partial charge in [0.2, 0.25) is 0 Å². The topological polar surface area (TPSA) is 22.6 Å². The Hall–Kier alpha value is -1.13. The van der Waals surface area contributed by atoms with Crippen molar-refractivity contribution in [1.29, 1.82) is 0 Å². The Morgan fingerprint density at radius 1 is 1.10 bits per heavy atom. The highest BCUT2D eigenvalue weighted by Gasteiger charge is 2.24. The molecule has 0 aliphatic carbocycles. The van der Waals surface area contributed by atoms with E-state index in [2.05, 4.69) is 38.9 Å². The first-order chi connectivity index (χ1) is 9.83. The summed E-state index contributed by atoms with van der Waals surface area (Å²) < 4.78 is 0. The van der Waals surface area contributed by atoms with Gasteiger partial charge in [-0.25, -0.2) is 4.98 Å². The third kappa shape index (κ3) is 3.30. The second-order valence-corrected chi connectivity index (χ2v) is 6.11. The van der Waals surface area contributed by atoms with Gasteiger partial charge in [-0.1, -0.05) is 12.5 Å². The molecule has 2 fully saturated rings. The number of hydrogen-bond donors (Lipinski definition) is 0. The molecule has 2 saturated heterocycles. The third-order valence-electron chi connectivity index (χ3n) is 4.74. The molecule has 3 heterocycles. The summed E-state index contributed by atoms with van der Waals surface area (Å²) in [5, 5.41) is 0. The van der Waals surface area contributed by atoms with Crippen molar-refractivity contribution in [2.24, 2.45) is 0 Å². The number of likely N-dealkylation sites (N-methyl/N-ethyl adjacent to an activating group) is 1. The van der Waals surface area contributed by atoms with Crippen LogP contribution in [-0.4, -0.2) is 67.1 Å². The van der Waals surface area contributed by atoms with Gasteiger partial charge in [-0.2, -0.15) is 0 Å².